The molecule has 2 unspecified atom stereocenters. The highest BCUT2D eigenvalue weighted by Gasteiger charge is 2.46. The van der Waals surface area contributed by atoms with E-state index in [0.29, 0.717) is 28.8 Å². The topological polar surface area (TPSA) is 79.9 Å². The van der Waals surface area contributed by atoms with Gasteiger partial charge in [0.05, 0.1) is 17.1 Å². The maximum absolute atomic E-state index is 13.3. The third kappa shape index (κ3) is 4.52. The van der Waals surface area contributed by atoms with Gasteiger partial charge in [0.15, 0.2) is 6.61 Å². The molecule has 1 amide bonds. The first kappa shape index (κ1) is 20.1. The number of alkyl halides is 3. The Kier molecular flexibility index (Phi) is 5.08. The number of carbonyl (C=O) groups excluding carboxylic acids is 1. The summed E-state index contributed by atoms with van der Waals surface area (Å²) in [6.45, 7) is 0.343. The first-order valence-corrected chi connectivity index (χ1v) is 9.30. The number of imidazole rings is 1. The Morgan fingerprint density at radius 3 is 2.83 bits per heavy atom. The molecule has 30 heavy (non-hydrogen) atoms. The summed E-state index contributed by atoms with van der Waals surface area (Å²) in [4.78, 5) is 23.9. The lowest BCUT2D eigenvalue weighted by Gasteiger charge is -2.15. The van der Waals surface area contributed by atoms with Gasteiger partial charge in [-0.25, -0.2) is 14.4 Å². The molecule has 1 saturated carbocycles. The summed E-state index contributed by atoms with van der Waals surface area (Å²) in [7, 11) is 0. The van der Waals surface area contributed by atoms with Crippen LogP contribution in [-0.4, -0.2) is 33.6 Å². The number of hydrogen-bond acceptors (Lipinski definition) is 4. The van der Waals surface area contributed by atoms with Crippen molar-refractivity contribution in [2.24, 2.45) is 5.92 Å². The van der Waals surface area contributed by atoms with E-state index in [2.05, 4.69) is 25.0 Å². The van der Waals surface area contributed by atoms with Crippen molar-refractivity contribution in [2.45, 2.75) is 31.5 Å². The van der Waals surface area contributed by atoms with Crippen LogP contribution in [0.3, 0.4) is 0 Å². The number of pyridine rings is 1. The highest BCUT2D eigenvalue weighted by atomic mass is 19.4. The minimum atomic E-state index is -4.43. The van der Waals surface area contributed by atoms with Crippen molar-refractivity contribution < 1.29 is 27.1 Å². The van der Waals surface area contributed by atoms with Gasteiger partial charge in [0, 0.05) is 30.2 Å². The number of ether oxygens (including phenoxy) is 1. The second-order valence-electron chi connectivity index (χ2n) is 7.30. The van der Waals surface area contributed by atoms with E-state index in [1.54, 1.807) is 19.1 Å². The van der Waals surface area contributed by atoms with E-state index in [-0.39, 0.29) is 35.5 Å². The van der Waals surface area contributed by atoms with Crippen LogP contribution in [0.5, 0.6) is 5.88 Å². The molecular weight excluding hydrogens is 404 g/mol. The minimum absolute atomic E-state index is 0.0658. The van der Waals surface area contributed by atoms with Crippen molar-refractivity contribution in [3.63, 3.8) is 0 Å². The predicted molar refractivity (Wildman–Crippen MR) is 99.2 cm³/mol. The molecule has 158 valence electrons. The molecule has 10 heteroatoms. The number of fused-ring (bicyclic) bond motifs is 1. The average molecular weight is 422 g/mol. The van der Waals surface area contributed by atoms with Crippen LogP contribution in [-0.2, 0) is 4.79 Å². The highest BCUT2D eigenvalue weighted by molar-refractivity contribution is 5.83. The van der Waals surface area contributed by atoms with Gasteiger partial charge in [0.1, 0.15) is 11.6 Å². The third-order valence-electron chi connectivity index (χ3n) is 4.94. The first-order valence-electron chi connectivity index (χ1n) is 9.30. The summed E-state index contributed by atoms with van der Waals surface area (Å²) in [5.41, 5.74) is 1.87. The van der Waals surface area contributed by atoms with E-state index in [1.807, 2.05) is 0 Å². The van der Waals surface area contributed by atoms with Crippen LogP contribution in [0, 0.1) is 11.7 Å². The highest BCUT2D eigenvalue weighted by Crippen LogP contribution is 2.47. The molecule has 1 aromatic carbocycles. The number of aromatic amines is 1. The summed E-state index contributed by atoms with van der Waals surface area (Å²) in [6, 6.07) is 6.79. The molecule has 2 heterocycles. The number of aromatic nitrogens is 3. The van der Waals surface area contributed by atoms with Crippen LogP contribution in [0.2, 0.25) is 0 Å². The molecule has 1 fully saturated rings. The second kappa shape index (κ2) is 7.58. The zero-order valence-corrected chi connectivity index (χ0v) is 15.8. The number of amides is 1. The molecule has 6 nitrogen and oxygen atoms in total. The van der Waals surface area contributed by atoms with Crippen molar-refractivity contribution in [2.75, 3.05) is 6.61 Å². The molecular formula is C20H18F4N4O2. The molecule has 0 radical (unpaired) electrons. The van der Waals surface area contributed by atoms with E-state index in [9.17, 15) is 22.4 Å². The Labute approximate surface area is 168 Å². The Balaban J connectivity index is 1.33. The summed E-state index contributed by atoms with van der Waals surface area (Å²) in [6.07, 6.45) is -2.44. The Bertz CT molecular complexity index is 1060. The number of nitrogens with zero attached hydrogens (tertiary/aromatic N) is 2. The Morgan fingerprint density at radius 1 is 1.33 bits per heavy atom. The monoisotopic (exact) mass is 422 g/mol. The van der Waals surface area contributed by atoms with Crippen molar-refractivity contribution >= 4 is 16.9 Å². The number of hydrogen-bond donors (Lipinski definition) is 2. The van der Waals surface area contributed by atoms with E-state index in [0.717, 1.165) is 0 Å². The van der Waals surface area contributed by atoms with Crippen molar-refractivity contribution in [3.8, 4) is 5.88 Å². The van der Waals surface area contributed by atoms with E-state index < -0.39 is 12.8 Å². The van der Waals surface area contributed by atoms with Gasteiger partial charge in [-0.15, -0.1) is 0 Å². The Morgan fingerprint density at radius 2 is 2.13 bits per heavy atom. The summed E-state index contributed by atoms with van der Waals surface area (Å²) >= 11 is 0. The lowest BCUT2D eigenvalue weighted by molar-refractivity contribution is -0.154. The number of benzene rings is 1. The lowest BCUT2D eigenvalue weighted by Crippen LogP contribution is -2.28. The van der Waals surface area contributed by atoms with Crippen molar-refractivity contribution in [3.05, 3.63) is 53.7 Å². The zero-order valence-electron chi connectivity index (χ0n) is 15.8. The number of carbonyl (C=O) groups is 1. The van der Waals surface area contributed by atoms with Crippen molar-refractivity contribution in [1.82, 2.24) is 20.3 Å². The van der Waals surface area contributed by atoms with E-state index in [1.165, 1.54) is 24.4 Å². The first-order chi connectivity index (χ1) is 14.2. The SMILES string of the molecule is C[C@@H](NC(=O)C1CC1c1nc2cc(F)ccc2[nH]1)c1ccc(OCC(F)(F)F)nc1. The van der Waals surface area contributed by atoms with Crippen LogP contribution < -0.4 is 10.1 Å². The number of H-pyrrole nitrogens is 1. The van der Waals surface area contributed by atoms with Gasteiger partial charge >= 0.3 is 6.18 Å². The molecule has 1 aliphatic carbocycles. The van der Waals surface area contributed by atoms with Crippen LogP contribution >= 0.6 is 0 Å². The van der Waals surface area contributed by atoms with Crippen LogP contribution in [0.25, 0.3) is 11.0 Å². The molecule has 3 aromatic rings. The second-order valence-corrected chi connectivity index (χ2v) is 7.30. The van der Waals surface area contributed by atoms with E-state index >= 15 is 0 Å². The minimum Gasteiger partial charge on any atom is -0.468 e. The maximum atomic E-state index is 13.3. The quantitative estimate of drug-likeness (QED) is 0.588. The lowest BCUT2D eigenvalue weighted by atomic mass is 10.1. The van der Waals surface area contributed by atoms with Crippen LogP contribution in [0.15, 0.2) is 36.5 Å². The summed E-state index contributed by atoms with van der Waals surface area (Å²) < 4.78 is 54.4. The third-order valence-corrected chi connectivity index (χ3v) is 4.94. The summed E-state index contributed by atoms with van der Waals surface area (Å²) in [5.74, 6) is -0.335. The fourth-order valence-corrected chi connectivity index (χ4v) is 3.25. The van der Waals surface area contributed by atoms with Gasteiger partial charge in [-0.05, 0) is 31.0 Å². The fraction of sp³-hybridized carbons (Fsp3) is 0.350. The van der Waals surface area contributed by atoms with Gasteiger partial charge in [-0.1, -0.05) is 6.07 Å². The molecule has 3 atom stereocenters. The normalized spacial score (nSPS) is 19.5. The van der Waals surface area contributed by atoms with Crippen LogP contribution in [0.4, 0.5) is 17.6 Å². The molecule has 0 bridgehead atoms. The van der Waals surface area contributed by atoms with Crippen LogP contribution in [0.1, 0.15) is 36.7 Å². The van der Waals surface area contributed by atoms with Gasteiger partial charge < -0.3 is 15.0 Å². The number of rotatable bonds is 6. The molecule has 0 aliphatic heterocycles. The van der Waals surface area contributed by atoms with Crippen molar-refractivity contribution in [1.29, 1.82) is 0 Å². The standard InChI is InChI=1S/C20H18F4N4O2/c1-10(11-2-5-17(25-8-11)30-9-20(22,23)24)26-19(29)14-7-13(14)18-27-15-4-3-12(21)6-16(15)28-18/h2-6,8,10,13-14H,7,9H2,1H3,(H,26,29)(H,27,28)/t10-,13?,14?/m1/s1. The Hall–Kier alpha value is -3.17. The van der Waals surface area contributed by atoms with Gasteiger partial charge in [-0.3, -0.25) is 4.79 Å². The molecule has 4 rings (SSSR count). The van der Waals surface area contributed by atoms with E-state index in [4.69, 9.17) is 0 Å². The smallest absolute Gasteiger partial charge is 0.422 e. The fourth-order valence-electron chi connectivity index (χ4n) is 3.25. The molecule has 2 N–H and O–H groups in total. The molecule has 2 aromatic heterocycles. The van der Waals surface area contributed by atoms with Gasteiger partial charge in [-0.2, -0.15) is 13.2 Å². The number of nitrogens with one attached hydrogen (secondary N) is 2. The predicted octanol–water partition coefficient (Wildman–Crippen LogP) is 4.02. The summed E-state index contributed by atoms with van der Waals surface area (Å²) in [5, 5.41) is 2.88. The average Bonchev–Trinajstić information content (AvgIpc) is 3.39. The zero-order chi connectivity index (χ0) is 21.5. The molecule has 0 spiro atoms. The number of halogens is 4. The molecule has 0 saturated heterocycles. The van der Waals surface area contributed by atoms with Gasteiger partial charge in [0.2, 0.25) is 11.8 Å². The molecule has 1 aliphatic rings. The maximum Gasteiger partial charge on any atom is 0.422 e. The van der Waals surface area contributed by atoms with Gasteiger partial charge in [0.25, 0.3) is 0 Å². The largest absolute Gasteiger partial charge is 0.468 e.